The van der Waals surface area contributed by atoms with Gasteiger partial charge in [-0.05, 0) is 50.3 Å². The van der Waals surface area contributed by atoms with Crippen molar-refractivity contribution in [3.8, 4) is 22.9 Å². The minimum Gasteiger partial charge on any atom is -0.493 e. The van der Waals surface area contributed by atoms with Crippen LogP contribution in [0.5, 0.6) is 11.5 Å². The predicted molar refractivity (Wildman–Crippen MR) is 107 cm³/mol. The number of aromatic amines is 1. The fourth-order valence-electron chi connectivity index (χ4n) is 3.17. The predicted octanol–water partition coefficient (Wildman–Crippen LogP) is 4.35. The largest absolute Gasteiger partial charge is 0.493 e. The molecule has 0 saturated heterocycles. The minimum atomic E-state index is -0.356. The lowest BCUT2D eigenvalue weighted by Gasteiger charge is -2.09. The summed E-state index contributed by atoms with van der Waals surface area (Å²) in [6.45, 7) is 4.50. The van der Waals surface area contributed by atoms with Gasteiger partial charge in [-0.2, -0.15) is 14.9 Å². The Morgan fingerprint density at radius 1 is 1.43 bits per heavy atom. The van der Waals surface area contributed by atoms with E-state index in [1.807, 2.05) is 26.0 Å². The van der Waals surface area contributed by atoms with Crippen molar-refractivity contribution in [2.24, 2.45) is 5.10 Å². The van der Waals surface area contributed by atoms with E-state index >= 15 is 0 Å². The van der Waals surface area contributed by atoms with Crippen LogP contribution in [0.3, 0.4) is 0 Å². The van der Waals surface area contributed by atoms with Crippen molar-refractivity contribution in [3.63, 3.8) is 0 Å². The zero-order chi connectivity index (χ0) is 19.7. The van der Waals surface area contributed by atoms with Crippen LogP contribution in [0.25, 0.3) is 11.4 Å². The summed E-state index contributed by atoms with van der Waals surface area (Å²) < 4.78 is 27.0. The number of H-pyrrole nitrogens is 1. The Labute approximate surface area is 166 Å². The molecule has 0 spiro atoms. The van der Waals surface area contributed by atoms with Crippen molar-refractivity contribution in [3.05, 3.63) is 58.1 Å². The molecule has 0 unspecified atom stereocenters. The summed E-state index contributed by atoms with van der Waals surface area (Å²) in [5.74, 6) is 1.62. The van der Waals surface area contributed by atoms with Crippen LogP contribution in [0.4, 0.5) is 4.39 Å². The second-order valence-corrected chi connectivity index (χ2v) is 6.87. The lowest BCUT2D eigenvalue weighted by atomic mass is 10.1. The van der Waals surface area contributed by atoms with Gasteiger partial charge in [-0.1, -0.05) is 12.1 Å². The third kappa shape index (κ3) is 3.55. The van der Waals surface area contributed by atoms with Gasteiger partial charge in [0.25, 0.3) is 0 Å². The number of ether oxygens (including phenoxy) is 2. The molecule has 1 aliphatic heterocycles. The first-order valence-corrected chi connectivity index (χ1v) is 9.40. The summed E-state index contributed by atoms with van der Waals surface area (Å²) in [5.41, 5.74) is 2.46. The number of hydrogen-bond donors (Lipinski definition) is 1. The average molecular weight is 398 g/mol. The summed E-state index contributed by atoms with van der Waals surface area (Å²) in [6.07, 6.45) is 2.63. The summed E-state index contributed by atoms with van der Waals surface area (Å²) in [6, 6.07) is 10.0. The molecule has 0 radical (unpaired) electrons. The summed E-state index contributed by atoms with van der Waals surface area (Å²) in [5, 5.41) is 11.3. The number of rotatable bonds is 5. The molecule has 1 atom stereocenters. The highest BCUT2D eigenvalue weighted by Crippen LogP contribution is 2.34. The van der Waals surface area contributed by atoms with Crippen LogP contribution >= 0.6 is 12.2 Å². The van der Waals surface area contributed by atoms with Crippen LogP contribution < -0.4 is 9.47 Å². The molecule has 1 aromatic heterocycles. The van der Waals surface area contributed by atoms with Crippen LogP contribution in [0.15, 0.2) is 41.5 Å². The van der Waals surface area contributed by atoms with Gasteiger partial charge in [0.05, 0.1) is 12.8 Å². The Bertz CT molecular complexity index is 1110. The van der Waals surface area contributed by atoms with Crippen LogP contribution in [0.1, 0.15) is 25.0 Å². The van der Waals surface area contributed by atoms with Gasteiger partial charge in [0.15, 0.2) is 5.82 Å². The summed E-state index contributed by atoms with van der Waals surface area (Å²) in [4.78, 5) is 0. The number of aromatic nitrogens is 3. The maximum Gasteiger partial charge on any atom is 0.216 e. The van der Waals surface area contributed by atoms with Gasteiger partial charge in [-0.15, -0.1) is 0 Å². The van der Waals surface area contributed by atoms with Crippen molar-refractivity contribution in [2.75, 3.05) is 6.61 Å². The number of nitrogens with one attached hydrogen (secondary N) is 1. The number of benzene rings is 2. The first-order valence-electron chi connectivity index (χ1n) is 8.99. The smallest absolute Gasteiger partial charge is 0.216 e. The highest BCUT2D eigenvalue weighted by atomic mass is 32.1. The standard InChI is InChI=1S/C20H19FN4O2S/c1-3-26-17-9-14-7-12(2)27-18(14)10-15(17)11-22-25-19(23-24-20(25)28)13-5-4-6-16(21)8-13/h4-6,8-12H,3,7H2,1-2H3,(H,24,28)/b22-11-/t12-/m0/s1. The zero-order valence-corrected chi connectivity index (χ0v) is 16.3. The molecule has 3 aromatic rings. The van der Waals surface area contributed by atoms with Gasteiger partial charge in [0, 0.05) is 23.1 Å². The number of hydrogen-bond acceptors (Lipinski definition) is 5. The second kappa shape index (κ2) is 7.55. The zero-order valence-electron chi connectivity index (χ0n) is 15.5. The van der Waals surface area contributed by atoms with Crippen molar-refractivity contribution in [2.45, 2.75) is 26.4 Å². The quantitative estimate of drug-likeness (QED) is 0.513. The molecule has 0 aliphatic carbocycles. The van der Waals surface area contributed by atoms with Crippen LogP contribution in [0.2, 0.25) is 0 Å². The maximum atomic E-state index is 13.6. The molecule has 2 aromatic carbocycles. The third-order valence-electron chi connectivity index (χ3n) is 4.37. The topological polar surface area (TPSA) is 64.4 Å². The molecular formula is C20H19FN4O2S. The molecule has 0 fully saturated rings. The molecule has 8 heteroatoms. The van der Waals surface area contributed by atoms with E-state index in [0.29, 0.717) is 22.8 Å². The van der Waals surface area contributed by atoms with Crippen molar-refractivity contribution >= 4 is 18.4 Å². The van der Waals surface area contributed by atoms with E-state index in [1.165, 1.54) is 16.8 Å². The first-order chi connectivity index (χ1) is 13.5. The molecule has 1 aliphatic rings. The normalized spacial score (nSPS) is 15.6. The lowest BCUT2D eigenvalue weighted by molar-refractivity contribution is 0.254. The Kier molecular flexibility index (Phi) is 4.95. The molecule has 0 saturated carbocycles. The van der Waals surface area contributed by atoms with E-state index in [0.717, 1.165) is 29.0 Å². The van der Waals surface area contributed by atoms with Gasteiger partial charge in [0.2, 0.25) is 4.77 Å². The van der Waals surface area contributed by atoms with Crippen molar-refractivity contribution in [1.82, 2.24) is 14.9 Å². The molecular weight excluding hydrogens is 379 g/mol. The van der Waals surface area contributed by atoms with Crippen LogP contribution in [-0.4, -0.2) is 33.8 Å². The van der Waals surface area contributed by atoms with Crippen molar-refractivity contribution < 1.29 is 13.9 Å². The van der Waals surface area contributed by atoms with Gasteiger partial charge >= 0.3 is 0 Å². The Balaban J connectivity index is 1.74. The third-order valence-corrected chi connectivity index (χ3v) is 4.64. The van der Waals surface area contributed by atoms with Gasteiger partial charge in [-0.3, -0.25) is 0 Å². The Morgan fingerprint density at radius 2 is 2.29 bits per heavy atom. The maximum absolute atomic E-state index is 13.6. The van der Waals surface area contributed by atoms with Crippen LogP contribution in [0, 0.1) is 10.6 Å². The van der Waals surface area contributed by atoms with E-state index < -0.39 is 0 Å². The van der Waals surface area contributed by atoms with Crippen LogP contribution in [-0.2, 0) is 6.42 Å². The van der Waals surface area contributed by atoms with Gasteiger partial charge < -0.3 is 9.47 Å². The number of fused-ring (bicyclic) bond motifs is 1. The van der Waals surface area contributed by atoms with E-state index in [9.17, 15) is 4.39 Å². The van der Waals surface area contributed by atoms with Gasteiger partial charge in [-0.25, -0.2) is 9.49 Å². The summed E-state index contributed by atoms with van der Waals surface area (Å²) >= 11 is 5.28. The van der Waals surface area contributed by atoms with Crippen molar-refractivity contribution in [1.29, 1.82) is 0 Å². The first kappa shape index (κ1) is 18.4. The molecule has 144 valence electrons. The fourth-order valence-corrected chi connectivity index (χ4v) is 3.35. The molecule has 2 heterocycles. The highest BCUT2D eigenvalue weighted by molar-refractivity contribution is 7.71. The number of halogens is 1. The molecule has 28 heavy (non-hydrogen) atoms. The molecule has 1 N–H and O–H groups in total. The Hall–Kier alpha value is -3.00. The van der Waals surface area contributed by atoms with E-state index in [-0.39, 0.29) is 11.9 Å². The van der Waals surface area contributed by atoms with E-state index in [4.69, 9.17) is 21.7 Å². The second-order valence-electron chi connectivity index (χ2n) is 6.48. The molecule has 0 bridgehead atoms. The monoisotopic (exact) mass is 398 g/mol. The highest BCUT2D eigenvalue weighted by Gasteiger charge is 2.21. The fraction of sp³-hybridized carbons (Fsp3) is 0.250. The lowest BCUT2D eigenvalue weighted by Crippen LogP contribution is -2.05. The molecule has 0 amide bonds. The molecule has 4 rings (SSSR count). The SMILES string of the molecule is CCOc1cc2c(cc1/C=N\n1c(-c3cccc(F)c3)n[nH]c1=S)O[C@@H](C)C2. The van der Waals surface area contributed by atoms with E-state index in [1.54, 1.807) is 18.3 Å². The minimum absolute atomic E-state index is 0.138. The van der Waals surface area contributed by atoms with Gasteiger partial charge in [0.1, 0.15) is 23.4 Å². The molecule has 6 nitrogen and oxygen atoms in total. The summed E-state index contributed by atoms with van der Waals surface area (Å²) in [7, 11) is 0. The Morgan fingerprint density at radius 3 is 3.07 bits per heavy atom. The number of nitrogens with zero attached hydrogens (tertiary/aromatic N) is 3. The van der Waals surface area contributed by atoms with E-state index in [2.05, 4.69) is 15.3 Å². The average Bonchev–Trinajstić information content (AvgIpc) is 3.21.